The summed E-state index contributed by atoms with van der Waals surface area (Å²) >= 11 is 1.38. The zero-order valence-electron chi connectivity index (χ0n) is 17.1. The Morgan fingerprint density at radius 1 is 1.00 bits per heavy atom. The number of nitro benzene ring substituents is 1. The molecule has 0 aliphatic rings. The highest BCUT2D eigenvalue weighted by Crippen LogP contribution is 2.34. The molecule has 0 N–H and O–H groups in total. The monoisotopic (exact) mass is 449 g/mol. The molecular formula is C26H15N3O3S. The van der Waals surface area contributed by atoms with Gasteiger partial charge in [0.25, 0.3) is 5.69 Å². The van der Waals surface area contributed by atoms with E-state index in [0.29, 0.717) is 27.7 Å². The van der Waals surface area contributed by atoms with Gasteiger partial charge < -0.3 is 4.42 Å². The minimum absolute atomic E-state index is 0.0393. The Morgan fingerprint density at radius 3 is 2.61 bits per heavy atom. The summed E-state index contributed by atoms with van der Waals surface area (Å²) in [5.41, 5.74) is 2.50. The third-order valence-corrected chi connectivity index (χ3v) is 6.08. The van der Waals surface area contributed by atoms with Crippen LogP contribution < -0.4 is 0 Å². The summed E-state index contributed by atoms with van der Waals surface area (Å²) in [6, 6.07) is 26.1. The van der Waals surface area contributed by atoms with Crippen LogP contribution in [0, 0.1) is 21.4 Å². The fourth-order valence-electron chi connectivity index (χ4n) is 3.67. The molecule has 5 aromatic rings. The van der Waals surface area contributed by atoms with Gasteiger partial charge in [-0.05, 0) is 29.0 Å². The number of allylic oxidation sites excluding steroid dienone is 1. The van der Waals surface area contributed by atoms with Gasteiger partial charge in [0.2, 0.25) is 0 Å². The molecule has 0 spiro atoms. The summed E-state index contributed by atoms with van der Waals surface area (Å²) in [4.78, 5) is 15.6. The van der Waals surface area contributed by atoms with Gasteiger partial charge in [-0.2, -0.15) is 5.26 Å². The van der Waals surface area contributed by atoms with Crippen molar-refractivity contribution in [2.75, 3.05) is 0 Å². The third-order valence-electron chi connectivity index (χ3n) is 5.20. The summed E-state index contributed by atoms with van der Waals surface area (Å²) < 4.78 is 5.81. The number of hydrogen-bond donors (Lipinski definition) is 0. The van der Waals surface area contributed by atoms with Gasteiger partial charge in [0, 0.05) is 23.1 Å². The van der Waals surface area contributed by atoms with Gasteiger partial charge in [-0.15, -0.1) is 11.3 Å². The fourth-order valence-corrected chi connectivity index (χ4v) is 4.46. The molecule has 2 heterocycles. The summed E-state index contributed by atoms with van der Waals surface area (Å²) in [6.45, 7) is 0. The van der Waals surface area contributed by atoms with Crippen molar-refractivity contribution >= 4 is 39.4 Å². The number of fused-ring (bicyclic) bond motifs is 1. The number of nitriles is 1. The zero-order chi connectivity index (χ0) is 22.8. The van der Waals surface area contributed by atoms with Gasteiger partial charge in [0.15, 0.2) is 0 Å². The van der Waals surface area contributed by atoms with E-state index < -0.39 is 4.92 Å². The average Bonchev–Trinajstić information content (AvgIpc) is 3.52. The molecule has 0 aliphatic heterocycles. The van der Waals surface area contributed by atoms with Crippen molar-refractivity contribution in [1.29, 1.82) is 5.26 Å². The Bertz CT molecular complexity index is 1570. The molecule has 158 valence electrons. The maximum absolute atomic E-state index is 11.3. The number of nitrogens with zero attached hydrogens (tertiary/aromatic N) is 3. The maximum Gasteiger partial charge on any atom is 0.280 e. The number of aromatic nitrogens is 1. The first-order valence-corrected chi connectivity index (χ1v) is 10.9. The predicted molar refractivity (Wildman–Crippen MR) is 129 cm³/mol. The number of furan rings is 1. The maximum atomic E-state index is 11.3. The van der Waals surface area contributed by atoms with Crippen molar-refractivity contribution in [2.24, 2.45) is 0 Å². The highest BCUT2D eigenvalue weighted by atomic mass is 32.1. The molecule has 0 saturated carbocycles. The average molecular weight is 449 g/mol. The largest absolute Gasteiger partial charge is 0.456 e. The molecule has 7 heteroatoms. The minimum atomic E-state index is -0.446. The van der Waals surface area contributed by atoms with E-state index in [1.54, 1.807) is 36.4 Å². The molecule has 33 heavy (non-hydrogen) atoms. The van der Waals surface area contributed by atoms with Gasteiger partial charge >= 0.3 is 0 Å². The Morgan fingerprint density at radius 2 is 1.76 bits per heavy atom. The highest BCUT2D eigenvalue weighted by Gasteiger charge is 2.17. The molecule has 6 nitrogen and oxygen atoms in total. The lowest BCUT2D eigenvalue weighted by Gasteiger charge is -2.03. The second-order valence-electron chi connectivity index (χ2n) is 7.21. The number of thiazole rings is 1. The van der Waals surface area contributed by atoms with Crippen molar-refractivity contribution in [3.8, 4) is 28.7 Å². The van der Waals surface area contributed by atoms with Crippen LogP contribution in [0.3, 0.4) is 0 Å². The first-order valence-electron chi connectivity index (χ1n) is 10.0. The molecule has 0 saturated heterocycles. The van der Waals surface area contributed by atoms with Crippen LogP contribution in [0.2, 0.25) is 0 Å². The Labute approximate surface area is 192 Å². The molecule has 0 bridgehead atoms. The van der Waals surface area contributed by atoms with Crippen molar-refractivity contribution in [3.05, 3.63) is 105 Å². The Hall–Kier alpha value is -4.54. The van der Waals surface area contributed by atoms with E-state index in [-0.39, 0.29) is 5.69 Å². The third kappa shape index (κ3) is 3.91. The first-order chi connectivity index (χ1) is 16.1. The Balaban J connectivity index is 1.49. The van der Waals surface area contributed by atoms with Gasteiger partial charge in [-0.3, -0.25) is 10.1 Å². The second kappa shape index (κ2) is 8.54. The first kappa shape index (κ1) is 20.4. The molecule has 0 unspecified atom stereocenters. The fraction of sp³-hybridized carbons (Fsp3) is 0. The molecule has 0 atom stereocenters. The SMILES string of the molecule is N#C/C(=C\c1ccc(-c2ccccc2[N+](=O)[O-])o1)c1nc(-c2cccc3ccccc23)cs1. The predicted octanol–water partition coefficient (Wildman–Crippen LogP) is 7.20. The minimum Gasteiger partial charge on any atom is -0.456 e. The summed E-state index contributed by atoms with van der Waals surface area (Å²) in [6.07, 6.45) is 1.60. The molecule has 5 rings (SSSR count). The van der Waals surface area contributed by atoms with Gasteiger partial charge in [-0.25, -0.2) is 4.98 Å². The number of hydrogen-bond acceptors (Lipinski definition) is 6. The summed E-state index contributed by atoms with van der Waals surface area (Å²) in [5.74, 6) is 0.781. The number of para-hydroxylation sites is 1. The standard InChI is InChI=1S/C26H15N3O3S/c27-15-18(14-19-12-13-25(32-19)22-9-3-4-11-24(22)29(30)31)26-28-23(16-33-26)21-10-5-7-17-6-1-2-8-20(17)21/h1-14,16H/b18-14+. The molecule has 0 fully saturated rings. The van der Waals surface area contributed by atoms with Gasteiger partial charge in [0.05, 0.1) is 21.8 Å². The van der Waals surface area contributed by atoms with Crippen LogP contribution >= 0.6 is 11.3 Å². The van der Waals surface area contributed by atoms with Crippen molar-refractivity contribution < 1.29 is 9.34 Å². The number of rotatable bonds is 5. The Kier molecular flexibility index (Phi) is 5.27. The van der Waals surface area contributed by atoms with Crippen LogP contribution in [0.15, 0.2) is 88.7 Å². The second-order valence-corrected chi connectivity index (χ2v) is 8.07. The van der Waals surface area contributed by atoms with Crippen molar-refractivity contribution in [1.82, 2.24) is 4.98 Å². The molecule has 0 amide bonds. The van der Waals surface area contributed by atoms with Gasteiger partial charge in [-0.1, -0.05) is 54.6 Å². The highest BCUT2D eigenvalue weighted by molar-refractivity contribution is 7.11. The molecule has 3 aromatic carbocycles. The lowest BCUT2D eigenvalue weighted by molar-refractivity contribution is -0.384. The van der Waals surface area contributed by atoms with Crippen LogP contribution in [0.4, 0.5) is 5.69 Å². The van der Waals surface area contributed by atoms with Crippen LogP contribution in [-0.4, -0.2) is 9.91 Å². The smallest absolute Gasteiger partial charge is 0.280 e. The quantitative estimate of drug-likeness (QED) is 0.161. The van der Waals surface area contributed by atoms with Crippen molar-refractivity contribution in [3.63, 3.8) is 0 Å². The van der Waals surface area contributed by atoms with Crippen LogP contribution in [0.5, 0.6) is 0 Å². The summed E-state index contributed by atoms with van der Waals surface area (Å²) in [7, 11) is 0. The summed E-state index contributed by atoms with van der Waals surface area (Å²) in [5, 5.41) is 25.8. The van der Waals surface area contributed by atoms with Crippen LogP contribution in [0.1, 0.15) is 10.8 Å². The van der Waals surface area contributed by atoms with E-state index in [1.807, 2.05) is 29.6 Å². The van der Waals surface area contributed by atoms with E-state index in [4.69, 9.17) is 9.40 Å². The molecule has 0 radical (unpaired) electrons. The number of benzene rings is 3. The van der Waals surface area contributed by atoms with Crippen LogP contribution in [-0.2, 0) is 0 Å². The topological polar surface area (TPSA) is 93.0 Å². The molecule has 2 aromatic heterocycles. The van der Waals surface area contributed by atoms with E-state index in [2.05, 4.69) is 24.3 Å². The van der Waals surface area contributed by atoms with E-state index >= 15 is 0 Å². The lowest BCUT2D eigenvalue weighted by atomic mass is 10.0. The molecule has 0 aliphatic carbocycles. The normalized spacial score (nSPS) is 11.4. The van der Waals surface area contributed by atoms with E-state index in [9.17, 15) is 15.4 Å². The van der Waals surface area contributed by atoms with Crippen molar-refractivity contribution in [2.45, 2.75) is 0 Å². The lowest BCUT2D eigenvalue weighted by Crippen LogP contribution is -1.90. The molecular weight excluding hydrogens is 434 g/mol. The van der Waals surface area contributed by atoms with Crippen LogP contribution in [0.25, 0.3) is 45.0 Å². The van der Waals surface area contributed by atoms with E-state index in [1.165, 1.54) is 17.4 Å². The van der Waals surface area contributed by atoms with Gasteiger partial charge in [0.1, 0.15) is 22.6 Å². The zero-order valence-corrected chi connectivity index (χ0v) is 18.0. The number of nitro groups is 1. The van der Waals surface area contributed by atoms with E-state index in [0.717, 1.165) is 22.0 Å².